The molecule has 1 aromatic heterocycles. The first-order valence-electron chi connectivity index (χ1n) is 7.76. The van der Waals surface area contributed by atoms with Gasteiger partial charge in [-0.3, -0.25) is 0 Å². The number of aromatic nitrogens is 1. The van der Waals surface area contributed by atoms with E-state index in [2.05, 4.69) is 39.2 Å². The number of guanidine groups is 1. The van der Waals surface area contributed by atoms with Crippen molar-refractivity contribution in [3.63, 3.8) is 0 Å². The van der Waals surface area contributed by atoms with Crippen molar-refractivity contribution in [1.29, 1.82) is 0 Å². The van der Waals surface area contributed by atoms with Crippen LogP contribution in [0.3, 0.4) is 0 Å². The van der Waals surface area contributed by atoms with Gasteiger partial charge in [-0.1, -0.05) is 36.4 Å². The summed E-state index contributed by atoms with van der Waals surface area (Å²) in [4.78, 5) is 11.2. The van der Waals surface area contributed by atoms with Crippen LogP contribution in [0.25, 0.3) is 0 Å². The monoisotopic (exact) mass is 440 g/mol. The van der Waals surface area contributed by atoms with Gasteiger partial charge in [0.15, 0.2) is 5.96 Å². The zero-order valence-electron chi connectivity index (χ0n) is 14.4. The van der Waals surface area contributed by atoms with Gasteiger partial charge in [-0.2, -0.15) is 0 Å². The third-order valence-electron chi connectivity index (χ3n) is 3.34. The fourth-order valence-electron chi connectivity index (χ4n) is 2.22. The second kappa shape index (κ2) is 10.9. The average molecular weight is 440 g/mol. The van der Waals surface area contributed by atoms with Crippen molar-refractivity contribution in [2.45, 2.75) is 20.0 Å². The number of hydrogen-bond donors (Lipinski definition) is 1. The molecule has 6 heteroatoms. The highest BCUT2D eigenvalue weighted by Crippen LogP contribution is 2.08. The highest BCUT2D eigenvalue weighted by atomic mass is 127. The summed E-state index contributed by atoms with van der Waals surface area (Å²) in [7, 11) is 3.65. The molecule has 0 aliphatic heterocycles. The minimum absolute atomic E-state index is 0. The van der Waals surface area contributed by atoms with Gasteiger partial charge in [-0.25, -0.2) is 9.98 Å². The van der Waals surface area contributed by atoms with Crippen molar-refractivity contribution < 1.29 is 4.74 Å². The lowest BCUT2D eigenvalue weighted by molar-refractivity contribution is 0.396. The Morgan fingerprint density at radius 1 is 1.17 bits per heavy atom. The van der Waals surface area contributed by atoms with Gasteiger partial charge in [-0.15, -0.1) is 24.0 Å². The Labute approximate surface area is 161 Å². The molecule has 0 aliphatic rings. The van der Waals surface area contributed by atoms with Gasteiger partial charge in [0.25, 0.3) is 0 Å². The lowest BCUT2D eigenvalue weighted by atomic mass is 10.2. The molecule has 24 heavy (non-hydrogen) atoms. The zero-order valence-corrected chi connectivity index (χ0v) is 16.7. The molecule has 0 saturated heterocycles. The third kappa shape index (κ3) is 6.35. The van der Waals surface area contributed by atoms with Crippen LogP contribution in [0.5, 0.6) is 5.88 Å². The number of hydrogen-bond acceptors (Lipinski definition) is 3. The van der Waals surface area contributed by atoms with Crippen LogP contribution < -0.4 is 10.1 Å². The number of methoxy groups -OCH3 is 1. The molecule has 1 heterocycles. The maximum Gasteiger partial charge on any atom is 0.213 e. The van der Waals surface area contributed by atoms with E-state index in [4.69, 9.17) is 4.74 Å². The van der Waals surface area contributed by atoms with E-state index in [0.717, 1.165) is 24.7 Å². The molecule has 0 unspecified atom stereocenters. The van der Waals surface area contributed by atoms with E-state index < -0.39 is 0 Å². The predicted molar refractivity (Wildman–Crippen MR) is 109 cm³/mol. The number of rotatable bonds is 6. The fraction of sp³-hybridized carbons (Fsp3) is 0.333. The Bertz CT molecular complexity index is 634. The molecule has 0 bridgehead atoms. The van der Waals surface area contributed by atoms with Gasteiger partial charge in [0, 0.05) is 26.2 Å². The van der Waals surface area contributed by atoms with Gasteiger partial charge in [0.05, 0.1) is 19.3 Å². The minimum Gasteiger partial charge on any atom is -0.481 e. The summed E-state index contributed by atoms with van der Waals surface area (Å²) >= 11 is 0. The Morgan fingerprint density at radius 3 is 2.58 bits per heavy atom. The number of aliphatic imine (C=N–C) groups is 1. The molecule has 1 N–H and O–H groups in total. The lowest BCUT2D eigenvalue weighted by Crippen LogP contribution is -2.38. The molecule has 1 aromatic carbocycles. The summed E-state index contributed by atoms with van der Waals surface area (Å²) < 4.78 is 5.15. The van der Waals surface area contributed by atoms with Crippen LogP contribution in [-0.4, -0.2) is 36.5 Å². The second-order valence-electron chi connectivity index (χ2n) is 5.18. The summed E-state index contributed by atoms with van der Waals surface area (Å²) in [6, 6.07) is 16.1. The van der Waals surface area contributed by atoms with Crippen molar-refractivity contribution >= 4 is 29.9 Å². The molecule has 0 spiro atoms. The smallest absolute Gasteiger partial charge is 0.213 e. The summed E-state index contributed by atoms with van der Waals surface area (Å²) in [5, 5.41) is 3.32. The van der Waals surface area contributed by atoms with E-state index in [0.29, 0.717) is 12.4 Å². The second-order valence-corrected chi connectivity index (χ2v) is 5.18. The summed E-state index contributed by atoms with van der Waals surface area (Å²) in [6.45, 7) is 4.20. The van der Waals surface area contributed by atoms with Crippen LogP contribution in [0, 0.1) is 0 Å². The fourth-order valence-corrected chi connectivity index (χ4v) is 2.22. The molecule has 0 atom stereocenters. The number of nitrogens with one attached hydrogen (secondary N) is 1. The highest BCUT2D eigenvalue weighted by Gasteiger charge is 2.06. The number of nitrogens with zero attached hydrogens (tertiary/aromatic N) is 3. The van der Waals surface area contributed by atoms with Crippen molar-refractivity contribution in [2.75, 3.05) is 20.7 Å². The average Bonchev–Trinajstić information content (AvgIpc) is 2.59. The van der Waals surface area contributed by atoms with Crippen LogP contribution in [-0.2, 0) is 13.1 Å². The van der Waals surface area contributed by atoms with E-state index >= 15 is 0 Å². The van der Waals surface area contributed by atoms with Crippen molar-refractivity contribution in [3.05, 3.63) is 59.8 Å². The minimum atomic E-state index is 0. The van der Waals surface area contributed by atoms with Gasteiger partial charge in [-0.05, 0) is 18.6 Å². The van der Waals surface area contributed by atoms with Crippen molar-refractivity contribution in [1.82, 2.24) is 15.2 Å². The van der Waals surface area contributed by atoms with Gasteiger partial charge < -0.3 is 15.0 Å². The maximum absolute atomic E-state index is 5.15. The largest absolute Gasteiger partial charge is 0.481 e. The molecule has 0 fully saturated rings. The van der Waals surface area contributed by atoms with Crippen LogP contribution in [0.4, 0.5) is 0 Å². The molecule has 2 aromatic rings. The summed E-state index contributed by atoms with van der Waals surface area (Å²) in [5.41, 5.74) is 2.13. The molecule has 0 radical (unpaired) electrons. The maximum atomic E-state index is 5.15. The van der Waals surface area contributed by atoms with Crippen molar-refractivity contribution in [3.8, 4) is 5.88 Å². The molecule has 2 rings (SSSR count). The van der Waals surface area contributed by atoms with Gasteiger partial charge in [0.1, 0.15) is 0 Å². The standard InChI is InChI=1S/C18H24N4O.HI/c1-4-19-18(22(2)14-15-9-6-5-7-10-15)20-13-16-11-8-12-17(21-16)23-3;/h5-12H,4,13-14H2,1-3H3,(H,19,20);1H. The number of benzene rings is 1. The number of ether oxygens (including phenoxy) is 1. The molecule has 130 valence electrons. The van der Waals surface area contributed by atoms with Gasteiger partial charge >= 0.3 is 0 Å². The van der Waals surface area contributed by atoms with E-state index in [1.807, 2.05) is 43.4 Å². The van der Waals surface area contributed by atoms with E-state index in [-0.39, 0.29) is 24.0 Å². The van der Waals surface area contributed by atoms with Crippen LogP contribution >= 0.6 is 24.0 Å². The van der Waals surface area contributed by atoms with Crippen LogP contribution in [0.1, 0.15) is 18.2 Å². The van der Waals surface area contributed by atoms with E-state index in [9.17, 15) is 0 Å². The van der Waals surface area contributed by atoms with Crippen molar-refractivity contribution in [2.24, 2.45) is 4.99 Å². The SMILES string of the molecule is CCNC(=NCc1cccc(OC)n1)N(C)Cc1ccccc1.I. The summed E-state index contributed by atoms with van der Waals surface area (Å²) in [5.74, 6) is 1.47. The molecule has 0 amide bonds. The quantitative estimate of drug-likeness (QED) is 0.426. The topological polar surface area (TPSA) is 49.8 Å². The number of pyridine rings is 1. The molecule has 0 aliphatic carbocycles. The Balaban J connectivity index is 0.00000288. The Hall–Kier alpha value is -1.83. The normalized spacial score (nSPS) is 10.7. The Morgan fingerprint density at radius 2 is 1.92 bits per heavy atom. The summed E-state index contributed by atoms with van der Waals surface area (Å²) in [6.07, 6.45) is 0. The molecule has 5 nitrogen and oxygen atoms in total. The first-order valence-corrected chi connectivity index (χ1v) is 7.76. The molecular weight excluding hydrogens is 415 g/mol. The third-order valence-corrected chi connectivity index (χ3v) is 3.34. The van der Waals surface area contributed by atoms with Gasteiger partial charge in [0.2, 0.25) is 5.88 Å². The zero-order chi connectivity index (χ0) is 16.5. The first kappa shape index (κ1) is 20.2. The number of halogens is 1. The van der Waals surface area contributed by atoms with Crippen LogP contribution in [0.2, 0.25) is 0 Å². The van der Waals surface area contributed by atoms with Crippen LogP contribution in [0.15, 0.2) is 53.5 Å². The van der Waals surface area contributed by atoms with E-state index in [1.54, 1.807) is 7.11 Å². The lowest BCUT2D eigenvalue weighted by Gasteiger charge is -2.22. The predicted octanol–water partition coefficient (Wildman–Crippen LogP) is 3.31. The highest BCUT2D eigenvalue weighted by molar-refractivity contribution is 14.0. The first-order chi connectivity index (χ1) is 11.2. The van der Waals surface area contributed by atoms with E-state index in [1.165, 1.54) is 5.56 Å². The Kier molecular flexibility index (Phi) is 9.14. The molecule has 0 saturated carbocycles. The molecular formula is C18H25IN4O.